The second-order valence-electron chi connectivity index (χ2n) is 6.78. The molecule has 0 fully saturated rings. The average molecular weight is 429 g/mol. The highest BCUT2D eigenvalue weighted by Crippen LogP contribution is 2.32. The first-order valence-electron chi connectivity index (χ1n) is 9.01. The Labute approximate surface area is 172 Å². The van der Waals surface area contributed by atoms with Crippen molar-refractivity contribution in [1.82, 2.24) is 9.97 Å². The zero-order valence-electron chi connectivity index (χ0n) is 15.9. The number of rotatable bonds is 6. The van der Waals surface area contributed by atoms with Crippen molar-refractivity contribution in [3.63, 3.8) is 0 Å². The van der Waals surface area contributed by atoms with E-state index in [4.69, 9.17) is 14.6 Å². The summed E-state index contributed by atoms with van der Waals surface area (Å²) in [5, 5.41) is 19.2. The predicted octanol–water partition coefficient (Wildman–Crippen LogP) is 2.12. The summed E-state index contributed by atoms with van der Waals surface area (Å²) in [5.41, 5.74) is 2.02. The van der Waals surface area contributed by atoms with E-state index in [9.17, 15) is 13.5 Å². The third-order valence-electron chi connectivity index (χ3n) is 4.36. The molecule has 1 aliphatic rings. The van der Waals surface area contributed by atoms with Gasteiger partial charge in [-0.25, -0.2) is 18.4 Å². The summed E-state index contributed by atoms with van der Waals surface area (Å²) in [6.45, 7) is 0.296. The van der Waals surface area contributed by atoms with Crippen LogP contribution in [0.2, 0.25) is 0 Å². The number of benzene rings is 1. The molecule has 0 spiro atoms. The monoisotopic (exact) mass is 429 g/mol. The number of aromatic amines is 1. The van der Waals surface area contributed by atoms with Crippen LogP contribution < -0.4 is 4.74 Å². The molecule has 156 valence electrons. The summed E-state index contributed by atoms with van der Waals surface area (Å²) in [7, 11) is -3.40. The number of aliphatic imine (C=N–C) groups is 1. The minimum atomic E-state index is -3.40. The number of aromatic nitrogens is 2. The molecule has 0 saturated heterocycles. The first-order chi connectivity index (χ1) is 14.3. The molecule has 0 aliphatic carbocycles. The third kappa shape index (κ3) is 4.29. The lowest BCUT2D eigenvalue weighted by atomic mass is 10.1. The highest BCUT2D eigenvalue weighted by molar-refractivity contribution is 7.90. The zero-order chi connectivity index (χ0) is 21.3. The van der Waals surface area contributed by atoms with Gasteiger partial charge in [-0.3, -0.25) is 0 Å². The summed E-state index contributed by atoms with van der Waals surface area (Å²) in [4.78, 5) is 11.3. The van der Waals surface area contributed by atoms with Gasteiger partial charge in [-0.1, -0.05) is 0 Å². The van der Waals surface area contributed by atoms with Crippen LogP contribution in [0.15, 0.2) is 58.7 Å². The van der Waals surface area contributed by atoms with Crippen LogP contribution in [0.5, 0.6) is 17.2 Å². The Morgan fingerprint density at radius 3 is 2.63 bits per heavy atom. The predicted molar refractivity (Wildman–Crippen MR) is 109 cm³/mol. The first kappa shape index (κ1) is 19.9. The lowest BCUT2D eigenvalue weighted by molar-refractivity contribution is 0.130. The summed E-state index contributed by atoms with van der Waals surface area (Å²) < 4.78 is 34.3. The molecule has 3 N–H and O–H groups in total. The lowest BCUT2D eigenvalue weighted by Gasteiger charge is -2.09. The number of phenolic OH excluding ortho intramolecular Hbond substituents is 1. The van der Waals surface area contributed by atoms with Crippen molar-refractivity contribution in [1.29, 1.82) is 0 Å². The molecule has 2 aromatic heterocycles. The van der Waals surface area contributed by atoms with Gasteiger partial charge in [0.2, 0.25) is 5.90 Å². The molecular weight excluding hydrogens is 410 g/mol. The number of hydrogen-bond donors (Lipinski definition) is 3. The molecule has 1 aliphatic heterocycles. The van der Waals surface area contributed by atoms with Gasteiger partial charge in [0.15, 0.2) is 14.9 Å². The highest BCUT2D eigenvalue weighted by atomic mass is 32.2. The molecule has 1 aromatic carbocycles. The molecule has 0 amide bonds. The number of H-pyrrole nitrogens is 1. The molecule has 1 atom stereocenters. The fourth-order valence-electron chi connectivity index (χ4n) is 2.93. The molecular formula is C20H19N3O6S. The van der Waals surface area contributed by atoms with Crippen LogP contribution in [0.25, 0.3) is 11.3 Å². The fraction of sp³-hybridized carbons (Fsp3) is 0.200. The number of aliphatic hydroxyl groups excluding tert-OH is 1. The van der Waals surface area contributed by atoms with E-state index in [-0.39, 0.29) is 23.5 Å². The number of aliphatic hydroxyl groups is 1. The van der Waals surface area contributed by atoms with E-state index in [0.29, 0.717) is 40.9 Å². The number of nitrogens with one attached hydrogen (secondary N) is 1. The lowest BCUT2D eigenvalue weighted by Crippen LogP contribution is -2.17. The number of nitrogens with zero attached hydrogens (tertiary/aromatic N) is 2. The van der Waals surface area contributed by atoms with Gasteiger partial charge < -0.3 is 24.7 Å². The van der Waals surface area contributed by atoms with Gasteiger partial charge in [-0.05, 0) is 36.4 Å². The quantitative estimate of drug-likeness (QED) is 0.546. The van der Waals surface area contributed by atoms with Gasteiger partial charge in [0.1, 0.15) is 29.0 Å². The molecule has 3 aromatic rings. The van der Waals surface area contributed by atoms with Crippen LogP contribution in [0.1, 0.15) is 5.69 Å². The highest BCUT2D eigenvalue weighted by Gasteiger charge is 2.21. The second-order valence-corrected chi connectivity index (χ2v) is 8.74. The maximum Gasteiger partial charge on any atom is 0.233 e. The second kappa shape index (κ2) is 7.81. The minimum Gasteiger partial charge on any atom is -0.508 e. The number of ether oxygens (including phenoxy) is 2. The van der Waals surface area contributed by atoms with E-state index < -0.39 is 9.84 Å². The van der Waals surface area contributed by atoms with Gasteiger partial charge in [-0.2, -0.15) is 0 Å². The van der Waals surface area contributed by atoms with Crippen molar-refractivity contribution in [2.24, 2.45) is 4.99 Å². The van der Waals surface area contributed by atoms with Gasteiger partial charge in [0.25, 0.3) is 0 Å². The number of phenols is 1. The molecule has 0 radical (unpaired) electrons. The SMILES string of the molecule is CS(=O)(=O)c1ccc(Oc2cc(O)cc(-c3ccc(C4=NCC(CO)O4)[nH]3)c2)cn1. The fourth-order valence-corrected chi connectivity index (χ4v) is 3.49. The van der Waals surface area contributed by atoms with Crippen molar-refractivity contribution in [3.8, 4) is 28.5 Å². The Balaban J connectivity index is 1.55. The van der Waals surface area contributed by atoms with Gasteiger partial charge >= 0.3 is 0 Å². The van der Waals surface area contributed by atoms with E-state index >= 15 is 0 Å². The van der Waals surface area contributed by atoms with Crippen LogP contribution in [-0.4, -0.2) is 60.0 Å². The first-order valence-corrected chi connectivity index (χ1v) is 10.9. The van der Waals surface area contributed by atoms with Gasteiger partial charge in [0, 0.05) is 23.6 Å². The molecule has 9 nitrogen and oxygen atoms in total. The summed E-state index contributed by atoms with van der Waals surface area (Å²) in [6.07, 6.45) is 2.05. The van der Waals surface area contributed by atoms with Crippen LogP contribution in [-0.2, 0) is 14.6 Å². The Hall–Kier alpha value is -3.37. The number of pyridine rings is 1. The molecule has 3 heterocycles. The zero-order valence-corrected chi connectivity index (χ0v) is 16.8. The number of sulfone groups is 1. The topological polar surface area (TPSA) is 134 Å². The molecule has 4 rings (SSSR count). The number of hydrogen-bond acceptors (Lipinski definition) is 8. The van der Waals surface area contributed by atoms with Gasteiger partial charge in [-0.15, -0.1) is 0 Å². The van der Waals surface area contributed by atoms with E-state index in [0.717, 1.165) is 6.26 Å². The van der Waals surface area contributed by atoms with E-state index in [1.165, 1.54) is 24.4 Å². The standard InChI is InChI=1S/C20H19N3O6S/c1-30(26,27)19-5-2-14(9-21-19)28-15-7-12(6-13(25)8-15)17-3-4-18(23-17)20-22-10-16(11-24)29-20/h2-9,16,23-25H,10-11H2,1H3. The molecule has 10 heteroatoms. The van der Waals surface area contributed by atoms with Crippen LogP contribution in [0.4, 0.5) is 0 Å². The molecule has 1 unspecified atom stereocenters. The van der Waals surface area contributed by atoms with Gasteiger partial charge in [0.05, 0.1) is 19.3 Å². The van der Waals surface area contributed by atoms with Crippen LogP contribution in [0.3, 0.4) is 0 Å². The summed E-state index contributed by atoms with van der Waals surface area (Å²) in [5.74, 6) is 1.10. The molecule has 30 heavy (non-hydrogen) atoms. The van der Waals surface area contributed by atoms with E-state index in [1.807, 2.05) is 6.07 Å². The largest absolute Gasteiger partial charge is 0.508 e. The summed E-state index contributed by atoms with van der Waals surface area (Å²) in [6, 6.07) is 11.2. The average Bonchev–Trinajstić information content (AvgIpc) is 3.37. The Morgan fingerprint density at radius 1 is 1.17 bits per heavy atom. The van der Waals surface area contributed by atoms with Crippen LogP contribution in [0, 0.1) is 0 Å². The summed E-state index contributed by atoms with van der Waals surface area (Å²) >= 11 is 0. The van der Waals surface area contributed by atoms with Crippen molar-refractivity contribution in [2.45, 2.75) is 11.1 Å². The number of aromatic hydroxyl groups is 1. The van der Waals surface area contributed by atoms with Crippen LogP contribution >= 0.6 is 0 Å². The maximum absolute atomic E-state index is 11.5. The smallest absolute Gasteiger partial charge is 0.233 e. The van der Waals surface area contributed by atoms with Crippen molar-refractivity contribution in [2.75, 3.05) is 19.4 Å². The maximum atomic E-state index is 11.5. The van der Waals surface area contributed by atoms with Crippen molar-refractivity contribution < 1.29 is 28.1 Å². The van der Waals surface area contributed by atoms with Crippen molar-refractivity contribution >= 4 is 15.7 Å². The van der Waals surface area contributed by atoms with E-state index in [1.54, 1.807) is 18.2 Å². The normalized spacial score (nSPS) is 16.2. The minimum absolute atomic E-state index is 0.00540. The Kier molecular flexibility index (Phi) is 5.18. The molecule has 0 saturated carbocycles. The Morgan fingerprint density at radius 2 is 1.97 bits per heavy atom. The van der Waals surface area contributed by atoms with Crippen molar-refractivity contribution in [3.05, 3.63) is 54.4 Å². The molecule has 0 bridgehead atoms. The Bertz CT molecular complexity index is 1200. The third-order valence-corrected chi connectivity index (χ3v) is 5.37. The van der Waals surface area contributed by atoms with E-state index in [2.05, 4.69) is 15.0 Å².